The van der Waals surface area contributed by atoms with Crippen LogP contribution in [-0.4, -0.2) is 87.2 Å². The van der Waals surface area contributed by atoms with Crippen molar-refractivity contribution < 1.29 is 5.11 Å². The first-order valence-electron chi connectivity index (χ1n) is 9.47. The van der Waals surface area contributed by atoms with E-state index in [0.717, 1.165) is 49.3 Å². The van der Waals surface area contributed by atoms with E-state index < -0.39 is 0 Å². The summed E-state index contributed by atoms with van der Waals surface area (Å²) in [7, 11) is 4.12. The van der Waals surface area contributed by atoms with E-state index in [1.54, 1.807) is 6.33 Å². The normalized spacial score (nSPS) is 23.3. The van der Waals surface area contributed by atoms with Crippen molar-refractivity contribution in [3.8, 4) is 0 Å². The van der Waals surface area contributed by atoms with E-state index >= 15 is 0 Å². The minimum absolute atomic E-state index is 0.266. The molecule has 2 aliphatic heterocycles. The zero-order valence-electron chi connectivity index (χ0n) is 16.4. The molecule has 1 N–H and O–H groups in total. The summed E-state index contributed by atoms with van der Waals surface area (Å²) >= 11 is 0. The predicted molar refractivity (Wildman–Crippen MR) is 103 cm³/mol. The lowest BCUT2D eigenvalue weighted by atomic mass is 10.1. The highest BCUT2D eigenvalue weighted by Gasteiger charge is 2.34. The molecule has 146 valence electrons. The van der Waals surface area contributed by atoms with E-state index in [-0.39, 0.29) is 12.1 Å². The highest BCUT2D eigenvalue weighted by molar-refractivity contribution is 5.53. The lowest BCUT2D eigenvalue weighted by Crippen LogP contribution is -2.49. The van der Waals surface area contributed by atoms with Crippen molar-refractivity contribution in [2.75, 3.05) is 50.1 Å². The molecule has 0 radical (unpaired) electrons. The van der Waals surface area contributed by atoms with E-state index in [4.69, 9.17) is 0 Å². The summed E-state index contributed by atoms with van der Waals surface area (Å²) in [5.74, 6) is 3.59. The number of aryl methyl sites for hydroxylation is 2. The monoisotopic (exact) mass is 372 g/mol. The largest absolute Gasteiger partial charge is 0.391 e. The van der Waals surface area contributed by atoms with Gasteiger partial charge >= 0.3 is 0 Å². The van der Waals surface area contributed by atoms with Gasteiger partial charge in [-0.2, -0.15) is 5.10 Å². The zero-order chi connectivity index (χ0) is 19.1. The molecule has 4 rings (SSSR count). The van der Waals surface area contributed by atoms with E-state index in [1.807, 2.05) is 24.6 Å². The average Bonchev–Trinajstić information content (AvgIpc) is 3.08. The number of aliphatic hydroxyl groups is 1. The molecule has 2 saturated heterocycles. The molecule has 0 saturated carbocycles. The van der Waals surface area contributed by atoms with Gasteiger partial charge < -0.3 is 19.8 Å². The van der Waals surface area contributed by atoms with E-state index in [1.165, 1.54) is 0 Å². The molecular weight excluding hydrogens is 344 g/mol. The van der Waals surface area contributed by atoms with Gasteiger partial charge in [0.25, 0.3) is 0 Å². The maximum Gasteiger partial charge on any atom is 0.147 e. The van der Waals surface area contributed by atoms with Gasteiger partial charge in [-0.3, -0.25) is 0 Å². The number of rotatable bonds is 5. The summed E-state index contributed by atoms with van der Waals surface area (Å²) in [6.07, 6.45) is 2.09. The fraction of sp³-hybridized carbons (Fsp3) is 0.667. The number of β-amino-alcohol motifs (C(OH)–C–C–N with tert-alkyl or cyclic N) is 1. The maximum absolute atomic E-state index is 10.1. The maximum atomic E-state index is 10.1. The van der Waals surface area contributed by atoms with Gasteiger partial charge in [0.2, 0.25) is 0 Å². The molecule has 0 aromatic carbocycles. The van der Waals surface area contributed by atoms with Crippen molar-refractivity contribution in [3.63, 3.8) is 0 Å². The zero-order valence-corrected chi connectivity index (χ0v) is 16.4. The van der Waals surface area contributed by atoms with E-state index in [0.29, 0.717) is 12.6 Å². The molecule has 0 amide bonds. The fourth-order valence-corrected chi connectivity index (χ4v) is 4.11. The molecule has 9 heteroatoms. The SMILES string of the molecule is Cc1nc(C)n(C2CN(c3cc(N4C[C@H](O)C[C@@H]4CN(C)C)ncn3)C2)n1. The van der Waals surface area contributed by atoms with Crippen molar-refractivity contribution in [1.29, 1.82) is 0 Å². The van der Waals surface area contributed by atoms with Gasteiger partial charge in [0.1, 0.15) is 29.6 Å². The van der Waals surface area contributed by atoms with Gasteiger partial charge in [0.15, 0.2) is 0 Å². The molecule has 27 heavy (non-hydrogen) atoms. The topological polar surface area (TPSA) is 86.4 Å². The smallest absolute Gasteiger partial charge is 0.147 e. The number of aromatic nitrogens is 5. The molecule has 4 heterocycles. The van der Waals surface area contributed by atoms with Crippen molar-refractivity contribution >= 4 is 11.6 Å². The minimum Gasteiger partial charge on any atom is -0.391 e. The van der Waals surface area contributed by atoms with Crippen LogP contribution in [0.3, 0.4) is 0 Å². The van der Waals surface area contributed by atoms with Crippen LogP contribution in [0.1, 0.15) is 24.1 Å². The molecule has 0 unspecified atom stereocenters. The quantitative estimate of drug-likeness (QED) is 0.799. The summed E-state index contributed by atoms with van der Waals surface area (Å²) < 4.78 is 2.01. The molecule has 0 aliphatic carbocycles. The van der Waals surface area contributed by atoms with Crippen molar-refractivity contribution in [1.82, 2.24) is 29.6 Å². The number of hydrogen-bond acceptors (Lipinski definition) is 8. The minimum atomic E-state index is -0.305. The molecule has 0 spiro atoms. The summed E-state index contributed by atoms with van der Waals surface area (Å²) in [5.41, 5.74) is 0. The molecule has 2 aromatic rings. The molecule has 2 aromatic heterocycles. The fourth-order valence-electron chi connectivity index (χ4n) is 4.11. The standard InChI is InChI=1S/C18H28N8O/c1-12-21-13(2)26(22-12)15-8-24(9-15)17-6-18(20-11-19-17)25-10-16(27)5-14(25)7-23(3)4/h6,11,14-16,27H,5,7-10H2,1-4H3/t14-,16-/m1/s1. The van der Waals surface area contributed by atoms with Crippen LogP contribution in [0.4, 0.5) is 11.6 Å². The van der Waals surface area contributed by atoms with Crippen LogP contribution < -0.4 is 9.80 Å². The van der Waals surface area contributed by atoms with E-state index in [9.17, 15) is 5.11 Å². The Labute approximate surface area is 159 Å². The lowest BCUT2D eigenvalue weighted by Gasteiger charge is -2.40. The van der Waals surface area contributed by atoms with Gasteiger partial charge in [-0.25, -0.2) is 19.6 Å². The summed E-state index contributed by atoms with van der Waals surface area (Å²) in [4.78, 5) is 19.9. The van der Waals surface area contributed by atoms with Crippen molar-refractivity contribution in [3.05, 3.63) is 24.0 Å². The van der Waals surface area contributed by atoms with Crippen LogP contribution in [-0.2, 0) is 0 Å². The molecule has 0 bridgehead atoms. The third kappa shape index (κ3) is 3.61. The summed E-state index contributed by atoms with van der Waals surface area (Å²) in [6.45, 7) is 7.16. The second-order valence-electron chi connectivity index (χ2n) is 7.90. The summed E-state index contributed by atoms with van der Waals surface area (Å²) in [5, 5.41) is 14.6. The van der Waals surface area contributed by atoms with Crippen LogP contribution in [0, 0.1) is 13.8 Å². The van der Waals surface area contributed by atoms with Gasteiger partial charge in [-0.1, -0.05) is 0 Å². The Hall–Kier alpha value is -2.26. The van der Waals surface area contributed by atoms with Crippen LogP contribution in [0.25, 0.3) is 0 Å². The Kier molecular flexibility index (Phi) is 4.73. The third-order valence-electron chi connectivity index (χ3n) is 5.34. The number of anilines is 2. The Morgan fingerprint density at radius 2 is 1.89 bits per heavy atom. The van der Waals surface area contributed by atoms with E-state index in [2.05, 4.69) is 48.8 Å². The molecule has 9 nitrogen and oxygen atoms in total. The number of hydrogen-bond donors (Lipinski definition) is 1. The summed E-state index contributed by atoms with van der Waals surface area (Å²) in [6, 6.07) is 2.64. The van der Waals surface area contributed by atoms with Gasteiger partial charge in [-0.15, -0.1) is 0 Å². The van der Waals surface area contributed by atoms with Crippen molar-refractivity contribution in [2.45, 2.75) is 38.5 Å². The van der Waals surface area contributed by atoms with Crippen LogP contribution in [0.5, 0.6) is 0 Å². The molecule has 2 atom stereocenters. The number of nitrogens with zero attached hydrogens (tertiary/aromatic N) is 8. The average molecular weight is 372 g/mol. The first-order chi connectivity index (χ1) is 12.9. The van der Waals surface area contributed by atoms with Crippen LogP contribution in [0.15, 0.2) is 12.4 Å². The number of aliphatic hydroxyl groups excluding tert-OH is 1. The Morgan fingerprint density at radius 3 is 2.56 bits per heavy atom. The highest BCUT2D eigenvalue weighted by Crippen LogP contribution is 2.30. The number of likely N-dealkylation sites (N-methyl/N-ethyl adjacent to an activating group) is 1. The highest BCUT2D eigenvalue weighted by atomic mass is 16.3. The Morgan fingerprint density at radius 1 is 1.15 bits per heavy atom. The molecule has 2 fully saturated rings. The Balaban J connectivity index is 1.46. The second-order valence-corrected chi connectivity index (χ2v) is 7.90. The van der Waals surface area contributed by atoms with Crippen LogP contribution in [0.2, 0.25) is 0 Å². The Bertz CT molecular complexity index is 800. The van der Waals surface area contributed by atoms with Crippen LogP contribution >= 0.6 is 0 Å². The predicted octanol–water partition coefficient (Wildman–Crippen LogP) is 0.247. The van der Waals surface area contributed by atoms with Gasteiger partial charge in [-0.05, 0) is 34.4 Å². The molecule has 2 aliphatic rings. The van der Waals surface area contributed by atoms with Gasteiger partial charge in [0, 0.05) is 38.3 Å². The second kappa shape index (κ2) is 7.05. The van der Waals surface area contributed by atoms with Gasteiger partial charge in [0.05, 0.1) is 12.1 Å². The first-order valence-corrected chi connectivity index (χ1v) is 9.47. The van der Waals surface area contributed by atoms with Crippen molar-refractivity contribution in [2.24, 2.45) is 0 Å². The lowest BCUT2D eigenvalue weighted by molar-refractivity contribution is 0.191. The first kappa shape index (κ1) is 18.1. The molecular formula is C18H28N8O. The third-order valence-corrected chi connectivity index (χ3v) is 5.34.